The molecule has 112 valence electrons. The van der Waals surface area contributed by atoms with Crippen LogP contribution in [0, 0.1) is 0 Å². The number of nitrogens with zero attached hydrogens (tertiary/aromatic N) is 1. The van der Waals surface area contributed by atoms with E-state index in [0.29, 0.717) is 0 Å². The second-order valence-electron chi connectivity index (χ2n) is 5.11. The molecule has 1 aromatic carbocycles. The molecule has 0 bridgehead atoms. The van der Waals surface area contributed by atoms with Gasteiger partial charge in [-0.3, -0.25) is 4.98 Å². The molecule has 1 aromatic heterocycles. The van der Waals surface area contributed by atoms with Crippen LogP contribution in [-0.4, -0.2) is 32.8 Å². The SMILES string of the molecule is COc1cccc(C[NH+](C)CCc2ccccn2)c1OC. The molecule has 0 spiro atoms. The number of nitrogens with one attached hydrogen (secondary N) is 1. The minimum Gasteiger partial charge on any atom is -0.493 e. The number of ether oxygens (including phenoxy) is 2. The Bertz CT molecular complexity index is 558. The molecule has 21 heavy (non-hydrogen) atoms. The maximum atomic E-state index is 5.48. The van der Waals surface area contributed by atoms with Gasteiger partial charge in [0.15, 0.2) is 11.5 Å². The molecule has 0 aliphatic rings. The number of pyridine rings is 1. The van der Waals surface area contributed by atoms with E-state index < -0.39 is 0 Å². The van der Waals surface area contributed by atoms with Crippen LogP contribution in [0.15, 0.2) is 42.6 Å². The number of quaternary nitrogens is 1. The fourth-order valence-corrected chi connectivity index (χ4v) is 2.39. The molecule has 2 rings (SSSR count). The fraction of sp³-hybridized carbons (Fsp3) is 0.353. The molecular weight excluding hydrogens is 264 g/mol. The Morgan fingerprint density at radius 3 is 2.57 bits per heavy atom. The highest BCUT2D eigenvalue weighted by molar-refractivity contribution is 5.46. The van der Waals surface area contributed by atoms with Gasteiger partial charge in [-0.05, 0) is 24.3 Å². The van der Waals surface area contributed by atoms with Gasteiger partial charge < -0.3 is 14.4 Å². The normalized spacial score (nSPS) is 12.0. The first-order valence-corrected chi connectivity index (χ1v) is 7.15. The smallest absolute Gasteiger partial charge is 0.169 e. The van der Waals surface area contributed by atoms with Crippen LogP contribution in [0.4, 0.5) is 0 Å². The Labute approximate surface area is 126 Å². The second-order valence-corrected chi connectivity index (χ2v) is 5.11. The summed E-state index contributed by atoms with van der Waals surface area (Å²) in [6.45, 7) is 1.92. The van der Waals surface area contributed by atoms with Gasteiger partial charge in [0.25, 0.3) is 0 Å². The molecule has 1 heterocycles. The molecule has 0 aliphatic carbocycles. The molecule has 1 unspecified atom stereocenters. The van der Waals surface area contributed by atoms with Crippen molar-refractivity contribution >= 4 is 0 Å². The van der Waals surface area contributed by atoms with Crippen LogP contribution < -0.4 is 14.4 Å². The van der Waals surface area contributed by atoms with Gasteiger partial charge in [0.05, 0.1) is 33.4 Å². The average Bonchev–Trinajstić information content (AvgIpc) is 2.53. The van der Waals surface area contributed by atoms with Crippen LogP contribution in [0.1, 0.15) is 11.3 Å². The molecule has 0 saturated carbocycles. The van der Waals surface area contributed by atoms with Gasteiger partial charge >= 0.3 is 0 Å². The molecule has 4 heteroatoms. The van der Waals surface area contributed by atoms with Crippen LogP contribution in [0.25, 0.3) is 0 Å². The Morgan fingerprint density at radius 2 is 1.90 bits per heavy atom. The monoisotopic (exact) mass is 287 g/mol. The van der Waals surface area contributed by atoms with E-state index in [-0.39, 0.29) is 0 Å². The molecule has 0 fully saturated rings. The minimum atomic E-state index is 0.785. The highest BCUT2D eigenvalue weighted by Crippen LogP contribution is 2.29. The van der Waals surface area contributed by atoms with Crippen LogP contribution in [0.3, 0.4) is 0 Å². The van der Waals surface area contributed by atoms with Crippen LogP contribution in [0.5, 0.6) is 11.5 Å². The molecule has 4 nitrogen and oxygen atoms in total. The van der Waals surface area contributed by atoms with Crippen molar-refractivity contribution in [3.05, 3.63) is 53.9 Å². The number of likely N-dealkylation sites (N-methyl/N-ethyl adjacent to an activating group) is 1. The maximum Gasteiger partial charge on any atom is 0.169 e. The van der Waals surface area contributed by atoms with E-state index in [4.69, 9.17) is 9.47 Å². The van der Waals surface area contributed by atoms with E-state index in [2.05, 4.69) is 24.2 Å². The minimum absolute atomic E-state index is 0.785. The number of rotatable bonds is 7. The largest absolute Gasteiger partial charge is 0.493 e. The van der Waals surface area contributed by atoms with Crippen LogP contribution >= 0.6 is 0 Å². The van der Waals surface area contributed by atoms with Gasteiger partial charge in [-0.1, -0.05) is 12.1 Å². The van der Waals surface area contributed by atoms with Gasteiger partial charge in [0.1, 0.15) is 6.54 Å². The lowest BCUT2D eigenvalue weighted by Crippen LogP contribution is -3.07. The van der Waals surface area contributed by atoms with Crippen molar-refractivity contribution in [2.75, 3.05) is 27.8 Å². The van der Waals surface area contributed by atoms with Crippen LogP contribution in [0.2, 0.25) is 0 Å². The standard InChI is InChI=1S/C17H22N2O2/c1-19(12-10-15-8-4-5-11-18-15)13-14-7-6-9-16(20-2)17(14)21-3/h4-9,11H,10,12-13H2,1-3H3/p+1. The molecule has 2 aromatic rings. The van der Waals surface area contributed by atoms with Crippen molar-refractivity contribution in [3.63, 3.8) is 0 Å². The van der Waals surface area contributed by atoms with Gasteiger partial charge in [-0.2, -0.15) is 0 Å². The first-order chi connectivity index (χ1) is 10.2. The first-order valence-electron chi connectivity index (χ1n) is 7.15. The first kappa shape index (κ1) is 15.3. The Balaban J connectivity index is 1.98. The molecule has 0 radical (unpaired) electrons. The zero-order chi connectivity index (χ0) is 15.1. The third-order valence-corrected chi connectivity index (χ3v) is 3.51. The van der Waals surface area contributed by atoms with Crippen molar-refractivity contribution in [1.82, 2.24) is 4.98 Å². The summed E-state index contributed by atoms with van der Waals surface area (Å²) in [6, 6.07) is 12.1. The topological polar surface area (TPSA) is 35.8 Å². The molecule has 0 amide bonds. The maximum absolute atomic E-state index is 5.48. The summed E-state index contributed by atoms with van der Waals surface area (Å²) < 4.78 is 10.8. The number of hydrogen-bond donors (Lipinski definition) is 1. The van der Waals surface area contributed by atoms with Gasteiger partial charge in [-0.15, -0.1) is 0 Å². The van der Waals surface area contributed by atoms with E-state index in [0.717, 1.165) is 42.3 Å². The summed E-state index contributed by atoms with van der Waals surface area (Å²) in [4.78, 5) is 5.77. The molecule has 0 saturated heterocycles. The summed E-state index contributed by atoms with van der Waals surface area (Å²) in [6.07, 6.45) is 2.81. The third kappa shape index (κ3) is 4.20. The molecule has 0 aliphatic heterocycles. The highest BCUT2D eigenvalue weighted by atomic mass is 16.5. The molecule has 1 N–H and O–H groups in total. The highest BCUT2D eigenvalue weighted by Gasteiger charge is 2.13. The number of para-hydroxylation sites is 1. The molecular formula is C17H23N2O2+. The lowest BCUT2D eigenvalue weighted by atomic mass is 10.1. The lowest BCUT2D eigenvalue weighted by molar-refractivity contribution is -0.893. The van der Waals surface area contributed by atoms with Crippen molar-refractivity contribution < 1.29 is 14.4 Å². The summed E-state index contributed by atoms with van der Waals surface area (Å²) in [7, 11) is 5.53. The van der Waals surface area contributed by atoms with Gasteiger partial charge in [-0.25, -0.2) is 0 Å². The quantitative estimate of drug-likeness (QED) is 0.835. The van der Waals surface area contributed by atoms with Crippen molar-refractivity contribution in [1.29, 1.82) is 0 Å². The van der Waals surface area contributed by atoms with Crippen molar-refractivity contribution in [2.24, 2.45) is 0 Å². The number of methoxy groups -OCH3 is 2. The number of hydrogen-bond acceptors (Lipinski definition) is 3. The summed E-state index contributed by atoms with van der Waals surface area (Å²) >= 11 is 0. The van der Waals surface area contributed by atoms with E-state index in [9.17, 15) is 0 Å². The zero-order valence-electron chi connectivity index (χ0n) is 12.9. The van der Waals surface area contributed by atoms with E-state index in [1.54, 1.807) is 14.2 Å². The summed E-state index contributed by atoms with van der Waals surface area (Å²) in [5.41, 5.74) is 2.30. The summed E-state index contributed by atoms with van der Waals surface area (Å²) in [5.74, 6) is 1.62. The van der Waals surface area contributed by atoms with Crippen LogP contribution in [-0.2, 0) is 13.0 Å². The Kier molecular flexibility index (Phi) is 5.58. The third-order valence-electron chi connectivity index (χ3n) is 3.51. The van der Waals surface area contributed by atoms with Crippen molar-refractivity contribution in [3.8, 4) is 11.5 Å². The predicted molar refractivity (Wildman–Crippen MR) is 82.9 cm³/mol. The number of benzene rings is 1. The van der Waals surface area contributed by atoms with E-state index >= 15 is 0 Å². The summed E-state index contributed by atoms with van der Waals surface area (Å²) in [5, 5.41) is 0. The predicted octanol–water partition coefficient (Wildman–Crippen LogP) is 1.36. The Hall–Kier alpha value is -2.07. The lowest BCUT2D eigenvalue weighted by Gasteiger charge is -2.17. The molecule has 1 atom stereocenters. The van der Waals surface area contributed by atoms with Gasteiger partial charge in [0.2, 0.25) is 0 Å². The fourth-order valence-electron chi connectivity index (χ4n) is 2.39. The van der Waals surface area contributed by atoms with Crippen molar-refractivity contribution in [2.45, 2.75) is 13.0 Å². The van der Waals surface area contributed by atoms with E-state index in [1.165, 1.54) is 4.90 Å². The number of aromatic nitrogens is 1. The van der Waals surface area contributed by atoms with Gasteiger partial charge in [0, 0.05) is 18.3 Å². The van der Waals surface area contributed by atoms with E-state index in [1.807, 2.05) is 30.5 Å². The Morgan fingerprint density at radius 1 is 1.05 bits per heavy atom. The zero-order valence-corrected chi connectivity index (χ0v) is 12.9. The second kappa shape index (κ2) is 7.64. The average molecular weight is 287 g/mol.